The maximum absolute atomic E-state index is 13.8. The number of fused-ring (bicyclic) bond motifs is 3. The third-order valence-electron chi connectivity index (χ3n) is 9.44. The molecule has 0 unspecified atom stereocenters. The molecule has 3 fully saturated rings. The van der Waals surface area contributed by atoms with Gasteiger partial charge in [0.05, 0.1) is 30.2 Å². The molecule has 2 aromatic rings. The van der Waals surface area contributed by atoms with Gasteiger partial charge < -0.3 is 14.3 Å². The van der Waals surface area contributed by atoms with Crippen LogP contribution in [0.4, 0.5) is 0 Å². The Labute approximate surface area is 236 Å². The zero-order valence-electron chi connectivity index (χ0n) is 23.6. The summed E-state index contributed by atoms with van der Waals surface area (Å²) < 4.78 is 12.2. The molecular weight excluding hydrogens is 504 g/mol. The highest BCUT2D eigenvalue weighted by molar-refractivity contribution is 6.06. The second kappa shape index (κ2) is 11.5. The van der Waals surface area contributed by atoms with E-state index in [0.29, 0.717) is 36.9 Å². The topological polar surface area (TPSA) is 92.9 Å². The first-order valence-electron chi connectivity index (χ1n) is 15.0. The summed E-state index contributed by atoms with van der Waals surface area (Å²) in [6, 6.07) is 9.58. The van der Waals surface area contributed by atoms with Crippen molar-refractivity contribution in [2.75, 3.05) is 6.61 Å². The van der Waals surface area contributed by atoms with Gasteiger partial charge in [0.1, 0.15) is 18.1 Å². The highest BCUT2D eigenvalue weighted by Gasteiger charge is 2.58. The number of imide groups is 1. The molecule has 0 aromatic carbocycles. The molecule has 4 heterocycles. The van der Waals surface area contributed by atoms with E-state index in [-0.39, 0.29) is 48.3 Å². The summed E-state index contributed by atoms with van der Waals surface area (Å²) >= 11 is 0. The zero-order chi connectivity index (χ0) is 27.8. The van der Waals surface area contributed by atoms with E-state index in [9.17, 15) is 14.7 Å². The van der Waals surface area contributed by atoms with Crippen LogP contribution >= 0.6 is 0 Å². The van der Waals surface area contributed by atoms with Crippen molar-refractivity contribution in [3.8, 4) is 0 Å². The van der Waals surface area contributed by atoms with Crippen LogP contribution in [0, 0.1) is 23.7 Å². The van der Waals surface area contributed by atoms with Gasteiger partial charge in [0.2, 0.25) is 11.8 Å². The number of hydrogen-bond donors (Lipinski definition) is 1. The molecule has 2 aliphatic heterocycles. The number of rotatable bonds is 8. The summed E-state index contributed by atoms with van der Waals surface area (Å²) in [5, 5.41) is 9.42. The summed E-state index contributed by atoms with van der Waals surface area (Å²) in [6.45, 7) is 4.75. The first-order valence-corrected chi connectivity index (χ1v) is 15.0. The first-order chi connectivity index (χ1) is 19.5. The van der Waals surface area contributed by atoms with E-state index in [0.717, 1.165) is 43.4 Å². The summed E-state index contributed by atoms with van der Waals surface area (Å²) in [5.74, 6) is 1.04. The highest BCUT2D eigenvalue weighted by atomic mass is 16.5. The number of aromatic nitrogens is 1. The molecule has 4 atom stereocenters. The lowest BCUT2D eigenvalue weighted by molar-refractivity contribution is -0.143. The number of aliphatic hydroxyl groups is 1. The van der Waals surface area contributed by atoms with Crippen LogP contribution in [0.3, 0.4) is 0 Å². The van der Waals surface area contributed by atoms with E-state index in [1.54, 1.807) is 17.2 Å². The number of aliphatic hydroxyl groups excluding tert-OH is 1. The maximum atomic E-state index is 13.8. The number of carbonyl (C=O) groups excluding carboxylic acids is 2. The first kappa shape index (κ1) is 27.2. The molecule has 1 saturated carbocycles. The van der Waals surface area contributed by atoms with Crippen molar-refractivity contribution in [1.29, 1.82) is 0 Å². The van der Waals surface area contributed by atoms with Gasteiger partial charge in [0, 0.05) is 18.2 Å². The maximum Gasteiger partial charge on any atom is 0.234 e. The molecule has 0 radical (unpaired) electrons. The van der Waals surface area contributed by atoms with Crippen LogP contribution in [0.15, 0.2) is 52.1 Å². The summed E-state index contributed by atoms with van der Waals surface area (Å²) in [7, 11) is 0. The van der Waals surface area contributed by atoms with Gasteiger partial charge in [0.25, 0.3) is 0 Å². The van der Waals surface area contributed by atoms with Gasteiger partial charge in [-0.05, 0) is 79.5 Å². The normalized spacial score (nSPS) is 27.6. The molecule has 2 aliphatic carbocycles. The number of carbonyl (C=O) groups is 2. The fourth-order valence-electron chi connectivity index (χ4n) is 7.52. The quantitative estimate of drug-likeness (QED) is 0.334. The number of allylic oxidation sites excluding steroid dienone is 2. The third-order valence-corrected chi connectivity index (χ3v) is 9.44. The van der Waals surface area contributed by atoms with Crippen molar-refractivity contribution >= 4 is 23.5 Å². The van der Waals surface area contributed by atoms with Gasteiger partial charge in [-0.15, -0.1) is 0 Å². The molecule has 0 spiro atoms. The summed E-state index contributed by atoms with van der Waals surface area (Å²) in [5.41, 5.74) is 4.48. The molecule has 1 N–H and O–H groups in total. The molecule has 0 bridgehead atoms. The van der Waals surface area contributed by atoms with Gasteiger partial charge in [0.15, 0.2) is 0 Å². The van der Waals surface area contributed by atoms with Crippen LogP contribution in [-0.4, -0.2) is 45.6 Å². The van der Waals surface area contributed by atoms with Gasteiger partial charge in [-0.1, -0.05) is 44.7 Å². The molecule has 6 rings (SSSR count). The standard InChI is InChI=1S/C33H40N2O5/c1-20(2)25-17-26-31(33(38)35(32(26)37)22-8-4-3-5-9-22)27-19-39-29(30(25)27)14-11-21(28-10-6-7-15-34-28)16-23-12-13-24(18-36)40-23/h6-7,10,12-13,15-16,20,22,26-27,29,31,36H,3-5,8-9,11,14,17-19H2,1-2H3/b21-16-/t26-,27+,29-,31-/m1/s1. The molecule has 2 amide bonds. The number of ether oxygens (including phenoxy) is 1. The van der Waals surface area contributed by atoms with Crippen molar-refractivity contribution < 1.29 is 23.8 Å². The molecular formula is C33H40N2O5. The Morgan fingerprint density at radius 2 is 1.93 bits per heavy atom. The summed E-state index contributed by atoms with van der Waals surface area (Å²) in [4.78, 5) is 33.8. The van der Waals surface area contributed by atoms with E-state index in [1.165, 1.54) is 17.6 Å². The Bertz CT molecular complexity index is 1300. The predicted octanol–water partition coefficient (Wildman–Crippen LogP) is 5.79. The molecule has 7 nitrogen and oxygen atoms in total. The number of pyridine rings is 1. The van der Waals surface area contributed by atoms with Crippen LogP contribution in [-0.2, 0) is 20.9 Å². The minimum Gasteiger partial charge on any atom is -0.459 e. The van der Waals surface area contributed by atoms with E-state index in [2.05, 4.69) is 18.8 Å². The average molecular weight is 545 g/mol. The monoisotopic (exact) mass is 544 g/mol. The minimum absolute atomic E-state index is 0.0225. The van der Waals surface area contributed by atoms with E-state index >= 15 is 0 Å². The number of amides is 2. The van der Waals surface area contributed by atoms with Crippen LogP contribution in [0.2, 0.25) is 0 Å². The Morgan fingerprint density at radius 3 is 2.62 bits per heavy atom. The second-order valence-corrected chi connectivity index (χ2v) is 12.1. The fourth-order valence-corrected chi connectivity index (χ4v) is 7.52. The molecule has 7 heteroatoms. The number of furan rings is 1. The van der Waals surface area contributed by atoms with E-state index < -0.39 is 0 Å². The van der Waals surface area contributed by atoms with Crippen molar-refractivity contribution in [1.82, 2.24) is 9.88 Å². The van der Waals surface area contributed by atoms with Gasteiger partial charge in [-0.25, -0.2) is 0 Å². The van der Waals surface area contributed by atoms with E-state index in [4.69, 9.17) is 9.15 Å². The Kier molecular flexibility index (Phi) is 7.78. The largest absolute Gasteiger partial charge is 0.459 e. The lowest BCUT2D eigenvalue weighted by Crippen LogP contribution is -2.42. The van der Waals surface area contributed by atoms with Crippen molar-refractivity contribution in [2.24, 2.45) is 23.7 Å². The van der Waals surface area contributed by atoms with Crippen molar-refractivity contribution in [3.63, 3.8) is 0 Å². The minimum atomic E-state index is -0.289. The van der Waals surface area contributed by atoms with Crippen molar-refractivity contribution in [3.05, 3.63) is 64.9 Å². The van der Waals surface area contributed by atoms with Gasteiger partial charge in [-0.3, -0.25) is 19.5 Å². The fraction of sp³-hybridized carbons (Fsp3) is 0.545. The number of likely N-dealkylation sites (tertiary alicyclic amines) is 1. The summed E-state index contributed by atoms with van der Waals surface area (Å²) in [6.07, 6.45) is 11.1. The highest BCUT2D eigenvalue weighted by Crippen LogP contribution is 2.52. The van der Waals surface area contributed by atoms with Gasteiger partial charge in [-0.2, -0.15) is 0 Å². The Hall–Kier alpha value is -3.03. The molecule has 212 valence electrons. The molecule has 4 aliphatic rings. The van der Waals surface area contributed by atoms with Crippen LogP contribution in [0.1, 0.15) is 82.4 Å². The molecule has 2 saturated heterocycles. The second-order valence-electron chi connectivity index (χ2n) is 12.1. The predicted molar refractivity (Wildman–Crippen MR) is 151 cm³/mol. The Balaban J connectivity index is 1.26. The average Bonchev–Trinajstić information content (AvgIpc) is 3.68. The SMILES string of the molecule is CC(C)C1=C2[C@@H](CC/C(=C/c3ccc(CO)o3)c3ccccn3)OC[C@@H]2[C@@H]2C(=O)N(C3CCCCC3)C(=O)[C@@H]2C1. The lowest BCUT2D eigenvalue weighted by Gasteiger charge is -2.33. The zero-order valence-corrected chi connectivity index (χ0v) is 23.6. The number of nitrogens with zero attached hydrogens (tertiary/aromatic N) is 2. The smallest absolute Gasteiger partial charge is 0.234 e. The van der Waals surface area contributed by atoms with Crippen LogP contribution in [0.25, 0.3) is 11.6 Å². The van der Waals surface area contributed by atoms with Crippen LogP contribution in [0.5, 0.6) is 0 Å². The van der Waals surface area contributed by atoms with Crippen LogP contribution < -0.4 is 0 Å². The Morgan fingerprint density at radius 1 is 1.10 bits per heavy atom. The van der Waals surface area contributed by atoms with E-state index in [1.807, 2.05) is 30.3 Å². The number of hydrogen-bond acceptors (Lipinski definition) is 6. The molecule has 2 aromatic heterocycles. The van der Waals surface area contributed by atoms with Crippen molar-refractivity contribution in [2.45, 2.75) is 84.0 Å². The molecule has 40 heavy (non-hydrogen) atoms. The third kappa shape index (κ3) is 4.99. The lowest BCUT2D eigenvalue weighted by atomic mass is 9.67. The van der Waals surface area contributed by atoms with Gasteiger partial charge >= 0.3 is 0 Å².